The SMILES string of the molecule is CCN(CC)C(=O)CC1CC2(CCN(C(=O)c3ccncc3)CC2)Oc2ccccc21. The number of ether oxygens (including phenoxy) is 1. The van der Waals surface area contributed by atoms with Gasteiger partial charge in [0.2, 0.25) is 5.91 Å². The van der Waals surface area contributed by atoms with Crippen LogP contribution < -0.4 is 4.74 Å². The molecule has 1 unspecified atom stereocenters. The summed E-state index contributed by atoms with van der Waals surface area (Å²) < 4.78 is 6.55. The number of hydrogen-bond donors (Lipinski definition) is 0. The number of carbonyl (C=O) groups is 2. The predicted octanol–water partition coefficient (Wildman–Crippen LogP) is 3.88. The van der Waals surface area contributed by atoms with Crippen molar-refractivity contribution >= 4 is 11.8 Å². The highest BCUT2D eigenvalue weighted by Crippen LogP contribution is 2.46. The number of likely N-dealkylation sites (tertiary alicyclic amines) is 1. The molecule has 0 N–H and O–H groups in total. The number of para-hydroxylation sites is 1. The fourth-order valence-electron chi connectivity index (χ4n) is 4.94. The van der Waals surface area contributed by atoms with Gasteiger partial charge < -0.3 is 14.5 Å². The number of fused-ring (bicyclic) bond motifs is 1. The van der Waals surface area contributed by atoms with E-state index >= 15 is 0 Å². The molecule has 1 aromatic carbocycles. The van der Waals surface area contributed by atoms with Crippen molar-refractivity contribution in [2.45, 2.75) is 51.0 Å². The zero-order valence-electron chi connectivity index (χ0n) is 18.4. The molecule has 1 fully saturated rings. The van der Waals surface area contributed by atoms with E-state index in [1.54, 1.807) is 24.5 Å². The van der Waals surface area contributed by atoms with E-state index < -0.39 is 0 Å². The quantitative estimate of drug-likeness (QED) is 0.735. The summed E-state index contributed by atoms with van der Waals surface area (Å²) in [5.74, 6) is 1.27. The molecule has 0 bridgehead atoms. The number of aromatic nitrogens is 1. The minimum absolute atomic E-state index is 0.0433. The maximum absolute atomic E-state index is 12.9. The van der Waals surface area contributed by atoms with E-state index in [4.69, 9.17) is 4.74 Å². The van der Waals surface area contributed by atoms with Crippen LogP contribution in [0.3, 0.4) is 0 Å². The number of amides is 2. The zero-order valence-corrected chi connectivity index (χ0v) is 18.4. The van der Waals surface area contributed by atoms with Crippen molar-refractivity contribution in [2.75, 3.05) is 26.2 Å². The van der Waals surface area contributed by atoms with Crippen molar-refractivity contribution in [3.8, 4) is 5.75 Å². The average Bonchev–Trinajstić information content (AvgIpc) is 2.80. The van der Waals surface area contributed by atoms with Crippen LogP contribution in [0.4, 0.5) is 0 Å². The molecule has 6 nitrogen and oxygen atoms in total. The number of nitrogens with zero attached hydrogens (tertiary/aromatic N) is 3. The molecule has 2 amide bonds. The molecule has 1 saturated heterocycles. The van der Waals surface area contributed by atoms with E-state index in [0.29, 0.717) is 25.1 Å². The Morgan fingerprint density at radius 3 is 2.45 bits per heavy atom. The first-order valence-corrected chi connectivity index (χ1v) is 11.3. The molecule has 1 atom stereocenters. The first-order valence-electron chi connectivity index (χ1n) is 11.3. The summed E-state index contributed by atoms with van der Waals surface area (Å²) in [6, 6.07) is 11.6. The smallest absolute Gasteiger partial charge is 0.253 e. The van der Waals surface area contributed by atoms with Crippen molar-refractivity contribution < 1.29 is 14.3 Å². The van der Waals surface area contributed by atoms with Gasteiger partial charge in [0.25, 0.3) is 5.91 Å². The van der Waals surface area contributed by atoms with E-state index in [2.05, 4.69) is 11.1 Å². The molecular weight excluding hydrogens is 390 g/mol. The van der Waals surface area contributed by atoms with Crippen LogP contribution in [0.2, 0.25) is 0 Å². The van der Waals surface area contributed by atoms with Crippen LogP contribution in [-0.4, -0.2) is 58.4 Å². The Bertz CT molecular complexity index is 919. The number of pyridine rings is 1. The maximum Gasteiger partial charge on any atom is 0.253 e. The van der Waals surface area contributed by atoms with Crippen molar-refractivity contribution in [1.82, 2.24) is 14.8 Å². The van der Waals surface area contributed by atoms with Gasteiger partial charge in [-0.3, -0.25) is 14.6 Å². The second-order valence-electron chi connectivity index (χ2n) is 8.52. The Balaban J connectivity index is 1.50. The first kappa shape index (κ1) is 21.3. The van der Waals surface area contributed by atoms with E-state index in [0.717, 1.165) is 43.7 Å². The van der Waals surface area contributed by atoms with Crippen LogP contribution in [0.15, 0.2) is 48.8 Å². The van der Waals surface area contributed by atoms with Crippen molar-refractivity contribution in [1.29, 1.82) is 0 Å². The molecule has 2 aliphatic heterocycles. The van der Waals surface area contributed by atoms with Gasteiger partial charge in [0.05, 0.1) is 0 Å². The molecule has 1 spiro atoms. The van der Waals surface area contributed by atoms with Gasteiger partial charge >= 0.3 is 0 Å². The summed E-state index contributed by atoms with van der Waals surface area (Å²) >= 11 is 0. The van der Waals surface area contributed by atoms with Gasteiger partial charge in [0, 0.05) is 69.3 Å². The Hall–Kier alpha value is -2.89. The van der Waals surface area contributed by atoms with Crippen LogP contribution >= 0.6 is 0 Å². The molecule has 6 heteroatoms. The lowest BCUT2D eigenvalue weighted by Gasteiger charge is -2.47. The van der Waals surface area contributed by atoms with Gasteiger partial charge in [-0.15, -0.1) is 0 Å². The minimum Gasteiger partial charge on any atom is -0.487 e. The molecule has 3 heterocycles. The fourth-order valence-corrected chi connectivity index (χ4v) is 4.94. The molecule has 2 aromatic rings. The van der Waals surface area contributed by atoms with Gasteiger partial charge in [-0.05, 0) is 44.0 Å². The van der Waals surface area contributed by atoms with E-state index in [1.165, 1.54) is 0 Å². The van der Waals surface area contributed by atoms with Gasteiger partial charge in [0.1, 0.15) is 11.4 Å². The molecule has 4 rings (SSSR count). The first-order chi connectivity index (χ1) is 15.0. The van der Waals surface area contributed by atoms with Crippen LogP contribution in [0.5, 0.6) is 5.75 Å². The Kier molecular flexibility index (Phi) is 6.25. The third-order valence-corrected chi connectivity index (χ3v) is 6.73. The third-order valence-electron chi connectivity index (χ3n) is 6.73. The lowest BCUT2D eigenvalue weighted by atomic mass is 9.76. The fraction of sp³-hybridized carbons (Fsp3) is 0.480. The average molecular weight is 422 g/mol. The van der Waals surface area contributed by atoms with Crippen LogP contribution in [0.1, 0.15) is 61.4 Å². The van der Waals surface area contributed by atoms with Crippen LogP contribution in [0.25, 0.3) is 0 Å². The highest BCUT2D eigenvalue weighted by Gasteiger charge is 2.44. The number of rotatable bonds is 5. The van der Waals surface area contributed by atoms with Crippen molar-refractivity contribution in [3.63, 3.8) is 0 Å². The summed E-state index contributed by atoms with van der Waals surface area (Å²) in [5.41, 5.74) is 1.48. The predicted molar refractivity (Wildman–Crippen MR) is 119 cm³/mol. The number of benzene rings is 1. The molecule has 0 radical (unpaired) electrons. The zero-order chi connectivity index (χ0) is 21.8. The molecule has 2 aliphatic rings. The van der Waals surface area contributed by atoms with Crippen LogP contribution in [0, 0.1) is 0 Å². The van der Waals surface area contributed by atoms with E-state index in [9.17, 15) is 9.59 Å². The number of piperidine rings is 1. The molecule has 1 aromatic heterocycles. The molecule has 164 valence electrons. The second-order valence-corrected chi connectivity index (χ2v) is 8.52. The normalized spacial score (nSPS) is 19.4. The molecule has 0 saturated carbocycles. The highest BCUT2D eigenvalue weighted by molar-refractivity contribution is 5.94. The van der Waals surface area contributed by atoms with E-state index in [1.807, 2.05) is 41.8 Å². The maximum atomic E-state index is 12.9. The molecular formula is C25H31N3O3. The van der Waals surface area contributed by atoms with Gasteiger partial charge in [-0.1, -0.05) is 18.2 Å². The lowest BCUT2D eigenvalue weighted by Crippen LogP contribution is -2.52. The van der Waals surface area contributed by atoms with E-state index in [-0.39, 0.29) is 23.3 Å². The minimum atomic E-state index is -0.322. The Morgan fingerprint density at radius 1 is 1.10 bits per heavy atom. The lowest BCUT2D eigenvalue weighted by molar-refractivity contribution is -0.131. The standard InChI is InChI=1S/C25H31N3O3/c1-3-27(4-2)23(29)17-20-18-25(31-22-8-6-5-7-21(20)22)11-15-28(16-12-25)24(30)19-9-13-26-14-10-19/h5-10,13-14,20H,3-4,11-12,15-18H2,1-2H3. The Morgan fingerprint density at radius 2 is 1.77 bits per heavy atom. The summed E-state index contributed by atoms with van der Waals surface area (Å²) in [6.45, 7) is 6.82. The summed E-state index contributed by atoms with van der Waals surface area (Å²) in [5, 5.41) is 0. The highest BCUT2D eigenvalue weighted by atomic mass is 16.5. The van der Waals surface area contributed by atoms with Gasteiger partial charge in [-0.2, -0.15) is 0 Å². The monoisotopic (exact) mass is 421 g/mol. The van der Waals surface area contributed by atoms with Crippen molar-refractivity contribution in [3.05, 3.63) is 59.9 Å². The number of hydrogen-bond acceptors (Lipinski definition) is 4. The topological polar surface area (TPSA) is 62.7 Å². The Labute approximate surface area is 184 Å². The summed E-state index contributed by atoms with van der Waals surface area (Å²) in [7, 11) is 0. The third kappa shape index (κ3) is 4.43. The summed E-state index contributed by atoms with van der Waals surface area (Å²) in [6.07, 6.45) is 6.16. The van der Waals surface area contributed by atoms with Crippen molar-refractivity contribution in [2.24, 2.45) is 0 Å². The molecule has 31 heavy (non-hydrogen) atoms. The number of carbonyl (C=O) groups excluding carboxylic acids is 2. The van der Waals surface area contributed by atoms with Crippen LogP contribution in [-0.2, 0) is 4.79 Å². The summed E-state index contributed by atoms with van der Waals surface area (Å²) in [4.78, 5) is 33.5. The second kappa shape index (κ2) is 9.08. The van der Waals surface area contributed by atoms with Gasteiger partial charge in [-0.25, -0.2) is 0 Å². The molecule has 0 aliphatic carbocycles. The van der Waals surface area contributed by atoms with Gasteiger partial charge in [0.15, 0.2) is 0 Å². The largest absolute Gasteiger partial charge is 0.487 e.